The van der Waals surface area contributed by atoms with E-state index in [1.165, 1.54) is 11.3 Å². The summed E-state index contributed by atoms with van der Waals surface area (Å²) in [5.74, 6) is 0. The van der Waals surface area contributed by atoms with Crippen molar-refractivity contribution in [2.45, 2.75) is 26.3 Å². The van der Waals surface area contributed by atoms with Crippen LogP contribution in [-0.4, -0.2) is 37.1 Å². The third kappa shape index (κ3) is 4.28. The van der Waals surface area contributed by atoms with Gasteiger partial charge in [-0.15, -0.1) is 11.3 Å². The summed E-state index contributed by atoms with van der Waals surface area (Å²) in [6, 6.07) is 0.430. The van der Waals surface area contributed by atoms with Crippen molar-refractivity contribution in [1.29, 1.82) is 0 Å². The van der Waals surface area contributed by atoms with Crippen molar-refractivity contribution < 1.29 is 0 Å². The lowest BCUT2D eigenvalue weighted by atomic mass is 10.2. The number of nitrogens with zero attached hydrogens (tertiary/aromatic N) is 2. The molecule has 1 atom stereocenters. The summed E-state index contributed by atoms with van der Waals surface area (Å²) in [5.41, 5.74) is 3.08. The van der Waals surface area contributed by atoms with E-state index in [4.69, 9.17) is 0 Å². The molecular weight excluding hydrogens is 206 g/mol. The van der Waals surface area contributed by atoms with E-state index in [2.05, 4.69) is 43.1 Å². The molecule has 3 nitrogen and oxygen atoms in total. The average molecular weight is 227 g/mol. The van der Waals surface area contributed by atoms with Gasteiger partial charge in [0, 0.05) is 10.9 Å². The minimum Gasteiger partial charge on any atom is -0.309 e. The van der Waals surface area contributed by atoms with Crippen molar-refractivity contribution in [3.05, 3.63) is 16.1 Å². The van der Waals surface area contributed by atoms with Crippen LogP contribution in [0.25, 0.3) is 0 Å². The smallest absolute Gasteiger partial charge is 0.0798 e. The fourth-order valence-corrected chi connectivity index (χ4v) is 2.37. The monoisotopic (exact) mass is 227 g/mol. The van der Waals surface area contributed by atoms with Gasteiger partial charge in [0.05, 0.1) is 11.2 Å². The van der Waals surface area contributed by atoms with Gasteiger partial charge in [0.1, 0.15) is 0 Å². The predicted octanol–water partition coefficient (Wildman–Crippen LogP) is 2.05. The summed E-state index contributed by atoms with van der Waals surface area (Å²) in [5, 5.41) is 3.52. The highest BCUT2D eigenvalue weighted by molar-refractivity contribution is 7.09. The first-order chi connectivity index (χ1) is 7.11. The molecule has 0 spiro atoms. The molecule has 0 aromatic carbocycles. The highest BCUT2D eigenvalue weighted by atomic mass is 32.1. The normalized spacial score (nSPS) is 13.4. The first-order valence-corrected chi connectivity index (χ1v) is 6.27. The lowest BCUT2D eigenvalue weighted by Crippen LogP contribution is -2.23. The van der Waals surface area contributed by atoms with Gasteiger partial charge in [0.2, 0.25) is 0 Å². The van der Waals surface area contributed by atoms with Crippen LogP contribution in [0.5, 0.6) is 0 Å². The number of hydrogen-bond donors (Lipinski definition) is 1. The van der Waals surface area contributed by atoms with Crippen LogP contribution in [0.1, 0.15) is 30.0 Å². The minimum absolute atomic E-state index is 0.430. The predicted molar refractivity (Wildman–Crippen MR) is 66.4 cm³/mol. The van der Waals surface area contributed by atoms with Gasteiger partial charge in [-0.2, -0.15) is 0 Å². The van der Waals surface area contributed by atoms with Crippen molar-refractivity contribution in [3.8, 4) is 0 Å². The van der Waals surface area contributed by atoms with E-state index in [9.17, 15) is 0 Å². The molecule has 0 amide bonds. The van der Waals surface area contributed by atoms with E-state index < -0.39 is 0 Å². The summed E-state index contributed by atoms with van der Waals surface area (Å²) in [7, 11) is 4.22. The Morgan fingerprint density at radius 1 is 1.53 bits per heavy atom. The third-order valence-corrected chi connectivity index (χ3v) is 3.52. The lowest BCUT2D eigenvalue weighted by Gasteiger charge is -2.14. The van der Waals surface area contributed by atoms with Crippen molar-refractivity contribution in [3.63, 3.8) is 0 Å². The second-order valence-corrected chi connectivity index (χ2v) is 5.02. The van der Waals surface area contributed by atoms with Crippen molar-refractivity contribution >= 4 is 11.3 Å². The molecule has 0 aliphatic rings. The van der Waals surface area contributed by atoms with Crippen LogP contribution in [-0.2, 0) is 0 Å². The highest BCUT2D eigenvalue weighted by Crippen LogP contribution is 2.20. The molecule has 1 rings (SSSR count). The van der Waals surface area contributed by atoms with Gasteiger partial charge in [0.25, 0.3) is 0 Å². The van der Waals surface area contributed by atoms with Gasteiger partial charge in [-0.05, 0) is 47.5 Å². The molecule has 1 heterocycles. The second kappa shape index (κ2) is 6.20. The molecule has 1 unspecified atom stereocenters. The van der Waals surface area contributed by atoms with Gasteiger partial charge < -0.3 is 10.2 Å². The van der Waals surface area contributed by atoms with Crippen molar-refractivity contribution in [2.75, 3.05) is 27.2 Å². The lowest BCUT2D eigenvalue weighted by molar-refractivity contribution is 0.389. The number of hydrogen-bond acceptors (Lipinski definition) is 4. The Labute approximate surface area is 96.5 Å². The first kappa shape index (κ1) is 12.6. The number of nitrogens with one attached hydrogen (secondary N) is 1. The maximum absolute atomic E-state index is 4.26. The molecule has 86 valence electrons. The molecule has 4 heteroatoms. The van der Waals surface area contributed by atoms with Gasteiger partial charge in [-0.25, -0.2) is 4.98 Å². The molecular formula is C11H21N3S. The van der Waals surface area contributed by atoms with Crippen LogP contribution >= 0.6 is 11.3 Å². The molecule has 0 bridgehead atoms. The quantitative estimate of drug-likeness (QED) is 0.754. The summed E-state index contributed by atoms with van der Waals surface area (Å²) in [6.45, 7) is 6.48. The highest BCUT2D eigenvalue weighted by Gasteiger charge is 2.09. The van der Waals surface area contributed by atoms with E-state index in [1.54, 1.807) is 11.3 Å². The molecule has 1 aromatic rings. The second-order valence-electron chi connectivity index (χ2n) is 4.13. The summed E-state index contributed by atoms with van der Waals surface area (Å²) < 4.78 is 0. The standard InChI is InChI=1S/C11H21N3S/c1-9(11-10(2)13-8-15-11)12-6-5-7-14(3)4/h8-9,12H,5-7H2,1-4H3. The average Bonchev–Trinajstić information content (AvgIpc) is 2.58. The Morgan fingerprint density at radius 2 is 2.27 bits per heavy atom. The van der Waals surface area contributed by atoms with Crippen LogP contribution in [0.2, 0.25) is 0 Å². The van der Waals surface area contributed by atoms with Gasteiger partial charge in [-0.1, -0.05) is 0 Å². The van der Waals surface area contributed by atoms with E-state index in [0.717, 1.165) is 18.8 Å². The van der Waals surface area contributed by atoms with Crippen molar-refractivity contribution in [1.82, 2.24) is 15.2 Å². The maximum atomic E-state index is 4.26. The molecule has 0 saturated heterocycles. The SMILES string of the molecule is Cc1ncsc1C(C)NCCCN(C)C. The Morgan fingerprint density at radius 3 is 2.80 bits per heavy atom. The molecule has 0 aliphatic carbocycles. The van der Waals surface area contributed by atoms with E-state index in [-0.39, 0.29) is 0 Å². The number of aryl methyl sites for hydroxylation is 1. The van der Waals surface area contributed by atoms with Crippen molar-refractivity contribution in [2.24, 2.45) is 0 Å². The van der Waals surface area contributed by atoms with Crippen LogP contribution in [0.4, 0.5) is 0 Å². The molecule has 15 heavy (non-hydrogen) atoms. The van der Waals surface area contributed by atoms with Crippen LogP contribution < -0.4 is 5.32 Å². The topological polar surface area (TPSA) is 28.2 Å². The molecule has 1 N–H and O–H groups in total. The Kier molecular flexibility index (Phi) is 5.22. The van der Waals surface area contributed by atoms with Gasteiger partial charge in [0.15, 0.2) is 0 Å². The van der Waals surface area contributed by atoms with E-state index in [1.807, 2.05) is 5.51 Å². The van der Waals surface area contributed by atoms with Crippen LogP contribution in [0, 0.1) is 6.92 Å². The summed E-state index contributed by atoms with van der Waals surface area (Å²) in [4.78, 5) is 7.84. The molecule has 0 saturated carbocycles. The number of thiazole rings is 1. The fourth-order valence-electron chi connectivity index (χ4n) is 1.53. The third-order valence-electron chi connectivity index (χ3n) is 2.41. The van der Waals surface area contributed by atoms with Crippen LogP contribution in [0.3, 0.4) is 0 Å². The minimum atomic E-state index is 0.430. The Hall–Kier alpha value is -0.450. The summed E-state index contributed by atoms with van der Waals surface area (Å²) >= 11 is 1.74. The maximum Gasteiger partial charge on any atom is 0.0798 e. The number of rotatable bonds is 6. The van der Waals surface area contributed by atoms with E-state index in [0.29, 0.717) is 6.04 Å². The zero-order valence-electron chi connectivity index (χ0n) is 10.1. The largest absolute Gasteiger partial charge is 0.309 e. The zero-order valence-corrected chi connectivity index (χ0v) is 10.9. The Balaban J connectivity index is 2.25. The van der Waals surface area contributed by atoms with E-state index >= 15 is 0 Å². The Bertz CT molecular complexity index is 283. The molecule has 0 fully saturated rings. The zero-order chi connectivity index (χ0) is 11.3. The van der Waals surface area contributed by atoms with Gasteiger partial charge >= 0.3 is 0 Å². The summed E-state index contributed by atoms with van der Waals surface area (Å²) in [6.07, 6.45) is 1.19. The fraction of sp³-hybridized carbons (Fsp3) is 0.727. The molecule has 0 radical (unpaired) electrons. The molecule has 1 aromatic heterocycles. The number of aromatic nitrogens is 1. The first-order valence-electron chi connectivity index (χ1n) is 5.39. The van der Waals surface area contributed by atoms with Crippen LogP contribution in [0.15, 0.2) is 5.51 Å². The van der Waals surface area contributed by atoms with Gasteiger partial charge in [-0.3, -0.25) is 0 Å². The molecule has 0 aliphatic heterocycles.